The highest BCUT2D eigenvalue weighted by molar-refractivity contribution is 9.11. The second-order valence-electron chi connectivity index (χ2n) is 3.47. The third-order valence-corrected chi connectivity index (χ3v) is 4.08. The minimum absolute atomic E-state index is 0.157. The number of nitrogens with zero attached hydrogens (tertiary/aromatic N) is 1. The first-order valence-electron chi connectivity index (χ1n) is 4.58. The summed E-state index contributed by atoms with van der Waals surface area (Å²) in [5.74, 6) is 1.86. The van der Waals surface area contributed by atoms with Gasteiger partial charge in [-0.2, -0.15) is 0 Å². The Bertz CT molecular complexity index is 505. The van der Waals surface area contributed by atoms with Crippen molar-refractivity contribution >= 4 is 27.3 Å². The maximum atomic E-state index is 5.58. The number of halogens is 1. The molecule has 1 aliphatic rings. The maximum absolute atomic E-state index is 5.58. The Hall–Kier alpha value is -0.810. The van der Waals surface area contributed by atoms with Crippen LogP contribution in [0.5, 0.6) is 5.75 Å². The van der Waals surface area contributed by atoms with Crippen molar-refractivity contribution in [2.24, 2.45) is 0 Å². The van der Waals surface area contributed by atoms with Crippen molar-refractivity contribution in [3.63, 3.8) is 0 Å². The molecule has 3 nitrogen and oxygen atoms in total. The first-order valence-corrected chi connectivity index (χ1v) is 6.19. The molecular formula is C10H8BrNO2S. The lowest BCUT2D eigenvalue weighted by Gasteiger charge is -2.01. The average molecular weight is 286 g/mol. The molecule has 15 heavy (non-hydrogen) atoms. The molecule has 0 bridgehead atoms. The van der Waals surface area contributed by atoms with Gasteiger partial charge in [0.25, 0.3) is 0 Å². The highest BCUT2D eigenvalue weighted by Crippen LogP contribution is 2.45. The number of rotatable bonds is 1. The molecule has 5 heteroatoms. The van der Waals surface area contributed by atoms with E-state index in [0.717, 1.165) is 21.1 Å². The van der Waals surface area contributed by atoms with Gasteiger partial charge < -0.3 is 9.15 Å². The SMILES string of the molecule is Cc1coc(C2COc3cc(Br)sc32)n1. The number of ether oxygens (including phenoxy) is 1. The van der Waals surface area contributed by atoms with Crippen molar-refractivity contribution in [3.8, 4) is 5.75 Å². The Labute approximate surface area is 99.2 Å². The van der Waals surface area contributed by atoms with E-state index in [2.05, 4.69) is 20.9 Å². The first-order chi connectivity index (χ1) is 7.24. The molecule has 1 unspecified atom stereocenters. The van der Waals surface area contributed by atoms with Crippen LogP contribution in [0.4, 0.5) is 0 Å². The fourth-order valence-corrected chi connectivity index (χ4v) is 3.32. The van der Waals surface area contributed by atoms with Crippen molar-refractivity contribution in [2.45, 2.75) is 12.8 Å². The second kappa shape index (κ2) is 3.35. The lowest BCUT2D eigenvalue weighted by molar-refractivity contribution is 0.324. The minimum Gasteiger partial charge on any atom is -0.491 e. The summed E-state index contributed by atoms with van der Waals surface area (Å²) in [5.41, 5.74) is 0.911. The smallest absolute Gasteiger partial charge is 0.206 e. The van der Waals surface area contributed by atoms with E-state index in [1.807, 2.05) is 13.0 Å². The highest BCUT2D eigenvalue weighted by atomic mass is 79.9. The van der Waals surface area contributed by atoms with Crippen LogP contribution in [-0.2, 0) is 0 Å². The zero-order chi connectivity index (χ0) is 10.4. The van der Waals surface area contributed by atoms with E-state index in [1.165, 1.54) is 4.88 Å². The molecule has 2 aromatic rings. The number of hydrogen-bond acceptors (Lipinski definition) is 4. The number of thiophene rings is 1. The monoisotopic (exact) mass is 285 g/mol. The summed E-state index contributed by atoms with van der Waals surface area (Å²) < 4.78 is 12.1. The summed E-state index contributed by atoms with van der Waals surface area (Å²) in [6.07, 6.45) is 1.68. The van der Waals surface area contributed by atoms with Crippen LogP contribution < -0.4 is 4.74 Å². The lowest BCUT2D eigenvalue weighted by Crippen LogP contribution is -2.02. The summed E-state index contributed by atoms with van der Waals surface area (Å²) in [6.45, 7) is 2.56. The van der Waals surface area contributed by atoms with E-state index in [1.54, 1.807) is 17.6 Å². The Morgan fingerprint density at radius 2 is 2.47 bits per heavy atom. The number of aromatic nitrogens is 1. The van der Waals surface area contributed by atoms with Gasteiger partial charge in [-0.15, -0.1) is 11.3 Å². The van der Waals surface area contributed by atoms with Crippen molar-refractivity contribution in [3.05, 3.63) is 32.6 Å². The molecule has 0 aliphatic carbocycles. The van der Waals surface area contributed by atoms with Gasteiger partial charge in [0.1, 0.15) is 24.5 Å². The van der Waals surface area contributed by atoms with E-state index < -0.39 is 0 Å². The first kappa shape index (κ1) is 9.42. The van der Waals surface area contributed by atoms with Gasteiger partial charge in [0, 0.05) is 6.07 Å². The zero-order valence-electron chi connectivity index (χ0n) is 7.99. The summed E-state index contributed by atoms with van der Waals surface area (Å²) in [4.78, 5) is 5.54. The topological polar surface area (TPSA) is 35.3 Å². The summed E-state index contributed by atoms with van der Waals surface area (Å²) in [7, 11) is 0. The van der Waals surface area contributed by atoms with Gasteiger partial charge in [-0.1, -0.05) is 0 Å². The van der Waals surface area contributed by atoms with E-state index in [0.29, 0.717) is 6.61 Å². The summed E-state index contributed by atoms with van der Waals surface area (Å²) >= 11 is 5.13. The molecule has 0 N–H and O–H groups in total. The van der Waals surface area contributed by atoms with Crippen LogP contribution in [0.2, 0.25) is 0 Å². The number of hydrogen-bond donors (Lipinski definition) is 0. The quantitative estimate of drug-likeness (QED) is 0.806. The Balaban J connectivity index is 2.02. The van der Waals surface area contributed by atoms with Crippen LogP contribution in [0, 0.1) is 6.92 Å². The van der Waals surface area contributed by atoms with Crippen molar-refractivity contribution < 1.29 is 9.15 Å². The molecule has 0 spiro atoms. The molecule has 2 aromatic heterocycles. The van der Waals surface area contributed by atoms with Gasteiger partial charge in [-0.3, -0.25) is 0 Å². The van der Waals surface area contributed by atoms with Gasteiger partial charge in [0.15, 0.2) is 0 Å². The van der Waals surface area contributed by atoms with Gasteiger partial charge in [0.05, 0.1) is 14.4 Å². The predicted molar refractivity (Wildman–Crippen MR) is 60.6 cm³/mol. The molecular weight excluding hydrogens is 278 g/mol. The van der Waals surface area contributed by atoms with Gasteiger partial charge >= 0.3 is 0 Å². The van der Waals surface area contributed by atoms with Crippen LogP contribution in [0.15, 0.2) is 20.5 Å². The van der Waals surface area contributed by atoms with Gasteiger partial charge in [0.2, 0.25) is 5.89 Å². The summed E-state index contributed by atoms with van der Waals surface area (Å²) in [5, 5.41) is 0. The van der Waals surface area contributed by atoms with Crippen molar-refractivity contribution in [1.82, 2.24) is 4.98 Å². The number of oxazole rings is 1. The summed E-state index contributed by atoms with van der Waals surface area (Å²) in [6, 6.07) is 2.00. The molecule has 0 saturated carbocycles. The third kappa shape index (κ3) is 1.50. The van der Waals surface area contributed by atoms with Crippen molar-refractivity contribution in [1.29, 1.82) is 0 Å². The fraction of sp³-hybridized carbons (Fsp3) is 0.300. The van der Waals surface area contributed by atoms with Crippen LogP contribution in [0.25, 0.3) is 0 Å². The molecule has 0 saturated heterocycles. The molecule has 78 valence electrons. The van der Waals surface area contributed by atoms with Crippen LogP contribution >= 0.6 is 27.3 Å². The van der Waals surface area contributed by atoms with Crippen LogP contribution in [-0.4, -0.2) is 11.6 Å². The predicted octanol–water partition coefficient (Wildman–Crippen LogP) is 3.33. The molecule has 1 aliphatic heterocycles. The Morgan fingerprint density at radius 3 is 3.20 bits per heavy atom. The maximum Gasteiger partial charge on any atom is 0.206 e. The number of aryl methyl sites for hydroxylation is 1. The molecule has 0 fully saturated rings. The standard InChI is InChI=1S/C10H8BrNO2S/c1-5-3-14-10(12-5)6-4-13-7-2-8(11)15-9(6)7/h2-3,6H,4H2,1H3. The van der Waals surface area contributed by atoms with E-state index in [-0.39, 0.29) is 5.92 Å². The number of fused-ring (bicyclic) bond motifs is 1. The second-order valence-corrected chi connectivity index (χ2v) is 5.93. The molecule has 1 atom stereocenters. The zero-order valence-corrected chi connectivity index (χ0v) is 10.4. The van der Waals surface area contributed by atoms with Gasteiger partial charge in [-0.25, -0.2) is 4.98 Å². The van der Waals surface area contributed by atoms with E-state index in [9.17, 15) is 0 Å². The molecule has 0 amide bonds. The van der Waals surface area contributed by atoms with Crippen molar-refractivity contribution in [2.75, 3.05) is 6.61 Å². The Morgan fingerprint density at radius 1 is 1.60 bits per heavy atom. The molecule has 0 aromatic carbocycles. The van der Waals surface area contributed by atoms with Gasteiger partial charge in [-0.05, 0) is 22.9 Å². The van der Waals surface area contributed by atoms with E-state index >= 15 is 0 Å². The van der Waals surface area contributed by atoms with Crippen LogP contribution in [0.1, 0.15) is 22.4 Å². The molecule has 0 radical (unpaired) electrons. The van der Waals surface area contributed by atoms with Crippen LogP contribution in [0.3, 0.4) is 0 Å². The average Bonchev–Trinajstić information content (AvgIpc) is 2.80. The van der Waals surface area contributed by atoms with E-state index in [4.69, 9.17) is 9.15 Å². The third-order valence-electron chi connectivity index (χ3n) is 2.35. The molecule has 3 rings (SSSR count). The minimum atomic E-state index is 0.157. The molecule has 3 heterocycles. The Kier molecular flexibility index (Phi) is 2.10. The largest absolute Gasteiger partial charge is 0.491 e. The highest BCUT2D eigenvalue weighted by Gasteiger charge is 2.31. The normalized spacial score (nSPS) is 18.9. The fourth-order valence-electron chi connectivity index (χ4n) is 1.68. The lowest BCUT2D eigenvalue weighted by atomic mass is 10.1.